The average Bonchev–Trinajstić information content (AvgIpc) is 2.82. The van der Waals surface area contributed by atoms with Gasteiger partial charge in [-0.25, -0.2) is 15.0 Å². The lowest BCUT2D eigenvalue weighted by molar-refractivity contribution is 0.667. The van der Waals surface area contributed by atoms with Gasteiger partial charge in [0.1, 0.15) is 0 Å². The summed E-state index contributed by atoms with van der Waals surface area (Å²) in [6.45, 7) is 4.39. The summed E-state index contributed by atoms with van der Waals surface area (Å²) in [7, 11) is 0. The maximum absolute atomic E-state index is 4.89. The molecule has 0 aliphatic rings. The predicted octanol–water partition coefficient (Wildman–Crippen LogP) is 8.83. The molecule has 0 unspecified atom stereocenters. The van der Waals surface area contributed by atoms with Gasteiger partial charge in [0, 0.05) is 25.6 Å². The molecule has 1 heterocycles. The molecule has 0 aliphatic carbocycles. The van der Waals surface area contributed by atoms with Gasteiger partial charge in [0.25, 0.3) is 0 Å². The quantitative estimate of drug-likeness (QED) is 0.201. The smallest absolute Gasteiger partial charge is 0.164 e. The highest BCUT2D eigenvalue weighted by molar-refractivity contribution is 9.10. The van der Waals surface area contributed by atoms with Crippen molar-refractivity contribution in [1.82, 2.24) is 15.0 Å². The fourth-order valence-electron chi connectivity index (χ4n) is 3.85. The Hall–Kier alpha value is -2.37. The zero-order valence-electron chi connectivity index (χ0n) is 19.0. The van der Waals surface area contributed by atoms with E-state index in [1.165, 1.54) is 36.8 Å². The number of aryl methyl sites for hydroxylation is 2. The molecule has 0 N–H and O–H groups in total. The van der Waals surface area contributed by atoms with Gasteiger partial charge in [-0.3, -0.25) is 0 Å². The molecule has 33 heavy (non-hydrogen) atoms. The van der Waals surface area contributed by atoms with E-state index in [4.69, 9.17) is 15.0 Å². The van der Waals surface area contributed by atoms with Crippen molar-refractivity contribution < 1.29 is 0 Å². The van der Waals surface area contributed by atoms with E-state index >= 15 is 0 Å². The molecule has 0 spiro atoms. The molecule has 0 radical (unpaired) electrons. The van der Waals surface area contributed by atoms with Gasteiger partial charge in [-0.15, -0.1) is 0 Å². The first-order chi connectivity index (χ1) is 16.0. The second-order valence-corrected chi connectivity index (χ2v) is 10.2. The number of rotatable bonds is 8. The summed E-state index contributed by atoms with van der Waals surface area (Å²) in [5.41, 5.74) is 5.55. The Labute approximate surface area is 213 Å². The molecule has 0 saturated heterocycles. The van der Waals surface area contributed by atoms with Crippen LogP contribution in [0.4, 0.5) is 0 Å². The van der Waals surface area contributed by atoms with Crippen LogP contribution in [0.25, 0.3) is 34.2 Å². The Morgan fingerprint density at radius 3 is 1.64 bits per heavy atom. The zero-order valence-corrected chi connectivity index (χ0v) is 22.2. The van der Waals surface area contributed by atoms with Crippen LogP contribution in [0.5, 0.6) is 0 Å². The van der Waals surface area contributed by atoms with Crippen LogP contribution in [0.1, 0.15) is 43.7 Å². The minimum Gasteiger partial charge on any atom is -0.208 e. The third kappa shape index (κ3) is 6.36. The summed E-state index contributed by atoms with van der Waals surface area (Å²) in [5.74, 6) is 2.06. The van der Waals surface area contributed by atoms with Crippen molar-refractivity contribution in [1.29, 1.82) is 0 Å². The average molecular weight is 565 g/mol. The molecule has 4 aromatic rings. The van der Waals surface area contributed by atoms with Crippen LogP contribution in [0, 0.1) is 6.92 Å². The Kier molecular flexibility index (Phi) is 8.05. The first-order valence-electron chi connectivity index (χ1n) is 11.4. The Morgan fingerprint density at radius 1 is 0.606 bits per heavy atom. The van der Waals surface area contributed by atoms with E-state index in [0.717, 1.165) is 32.1 Å². The van der Waals surface area contributed by atoms with E-state index in [-0.39, 0.29) is 0 Å². The van der Waals surface area contributed by atoms with E-state index < -0.39 is 0 Å². The van der Waals surface area contributed by atoms with Crippen LogP contribution in [0.15, 0.2) is 75.7 Å². The number of benzene rings is 3. The fourth-order valence-corrected chi connectivity index (χ4v) is 4.38. The molecule has 5 heteroatoms. The van der Waals surface area contributed by atoms with Crippen LogP contribution in [0.2, 0.25) is 0 Å². The van der Waals surface area contributed by atoms with Gasteiger partial charge in [-0.2, -0.15) is 0 Å². The maximum Gasteiger partial charge on any atom is 0.164 e. The number of hydrogen-bond acceptors (Lipinski definition) is 3. The van der Waals surface area contributed by atoms with Crippen molar-refractivity contribution in [3.8, 4) is 34.2 Å². The highest BCUT2D eigenvalue weighted by Gasteiger charge is 2.13. The van der Waals surface area contributed by atoms with Crippen molar-refractivity contribution in [3.05, 3.63) is 86.8 Å². The first-order valence-corrected chi connectivity index (χ1v) is 13.0. The third-order valence-electron chi connectivity index (χ3n) is 5.55. The van der Waals surface area contributed by atoms with Crippen LogP contribution in [-0.4, -0.2) is 15.0 Å². The van der Waals surface area contributed by atoms with E-state index in [0.29, 0.717) is 17.5 Å². The largest absolute Gasteiger partial charge is 0.208 e. The van der Waals surface area contributed by atoms with E-state index in [2.05, 4.69) is 63.9 Å². The number of nitrogens with zero attached hydrogens (tertiary/aromatic N) is 3. The molecule has 0 amide bonds. The van der Waals surface area contributed by atoms with Crippen molar-refractivity contribution >= 4 is 31.9 Å². The normalized spacial score (nSPS) is 11.0. The van der Waals surface area contributed by atoms with Gasteiger partial charge >= 0.3 is 0 Å². The Bertz CT molecular complexity index is 1160. The molecule has 168 valence electrons. The van der Waals surface area contributed by atoms with Gasteiger partial charge in [-0.05, 0) is 61.7 Å². The summed E-state index contributed by atoms with van der Waals surface area (Å²) >= 11 is 7.03. The summed E-state index contributed by atoms with van der Waals surface area (Å²) in [6.07, 6.45) is 6.11. The van der Waals surface area contributed by atoms with Crippen molar-refractivity contribution in [3.63, 3.8) is 0 Å². The Balaban J connectivity index is 1.78. The van der Waals surface area contributed by atoms with E-state index in [1.807, 2.05) is 48.5 Å². The molecule has 0 saturated carbocycles. The fraction of sp³-hybridized carbons (Fsp3) is 0.250. The van der Waals surface area contributed by atoms with Crippen LogP contribution < -0.4 is 0 Å². The lowest BCUT2D eigenvalue weighted by Crippen LogP contribution is -2.01. The molecule has 1 aromatic heterocycles. The molecule has 0 atom stereocenters. The summed E-state index contributed by atoms with van der Waals surface area (Å²) in [4.78, 5) is 14.6. The summed E-state index contributed by atoms with van der Waals surface area (Å²) in [5, 5.41) is 0. The second kappa shape index (κ2) is 11.2. The lowest BCUT2D eigenvalue weighted by atomic mass is 10.0. The van der Waals surface area contributed by atoms with Gasteiger partial charge < -0.3 is 0 Å². The lowest BCUT2D eigenvalue weighted by Gasteiger charge is -2.11. The summed E-state index contributed by atoms with van der Waals surface area (Å²) in [6, 6.07) is 22.9. The van der Waals surface area contributed by atoms with Crippen molar-refractivity contribution in [2.45, 2.75) is 46.0 Å². The summed E-state index contributed by atoms with van der Waals surface area (Å²) < 4.78 is 2.06. The zero-order chi connectivity index (χ0) is 23.2. The van der Waals surface area contributed by atoms with Gasteiger partial charge in [0.2, 0.25) is 0 Å². The number of unbranched alkanes of at least 4 members (excludes halogenated alkanes) is 3. The second-order valence-electron chi connectivity index (χ2n) is 8.34. The SMILES string of the molecule is CCCCCCc1cc(C)cc(-c2nc(-c3ccc(Br)cc3)nc(-c3ccc(Br)cc3)n2)c1. The molecule has 4 rings (SSSR count). The first kappa shape index (κ1) is 23.8. The minimum atomic E-state index is 0.677. The predicted molar refractivity (Wildman–Crippen MR) is 144 cm³/mol. The van der Waals surface area contributed by atoms with E-state index in [1.54, 1.807) is 0 Å². The number of halogens is 2. The van der Waals surface area contributed by atoms with E-state index in [9.17, 15) is 0 Å². The Morgan fingerprint density at radius 2 is 1.12 bits per heavy atom. The molecule has 0 aliphatic heterocycles. The van der Waals surface area contributed by atoms with Gasteiger partial charge in [0.05, 0.1) is 0 Å². The van der Waals surface area contributed by atoms with Crippen LogP contribution >= 0.6 is 31.9 Å². The minimum absolute atomic E-state index is 0.677. The molecular formula is C28H27Br2N3. The molecule has 3 nitrogen and oxygen atoms in total. The third-order valence-corrected chi connectivity index (χ3v) is 6.61. The van der Waals surface area contributed by atoms with Crippen molar-refractivity contribution in [2.24, 2.45) is 0 Å². The standard InChI is InChI=1S/C28H27Br2N3/c1-3-4-5-6-7-20-16-19(2)17-23(18-20)28-32-26(21-8-12-24(29)13-9-21)31-27(33-28)22-10-14-25(30)15-11-22/h8-18H,3-7H2,1-2H3. The van der Waals surface area contributed by atoms with Crippen LogP contribution in [-0.2, 0) is 6.42 Å². The number of hydrogen-bond donors (Lipinski definition) is 0. The monoisotopic (exact) mass is 563 g/mol. The highest BCUT2D eigenvalue weighted by atomic mass is 79.9. The molecular weight excluding hydrogens is 538 g/mol. The number of aromatic nitrogens is 3. The molecule has 3 aromatic carbocycles. The van der Waals surface area contributed by atoms with Gasteiger partial charge in [0.15, 0.2) is 17.5 Å². The molecule has 0 bridgehead atoms. The van der Waals surface area contributed by atoms with Gasteiger partial charge in [-0.1, -0.05) is 93.9 Å². The van der Waals surface area contributed by atoms with Crippen LogP contribution in [0.3, 0.4) is 0 Å². The topological polar surface area (TPSA) is 38.7 Å². The maximum atomic E-state index is 4.89. The molecule has 0 fully saturated rings. The van der Waals surface area contributed by atoms with Crippen molar-refractivity contribution in [2.75, 3.05) is 0 Å². The highest BCUT2D eigenvalue weighted by Crippen LogP contribution is 2.27.